The fraction of sp³-hybridized carbons (Fsp3) is 0.531. The molecule has 2 aliphatic rings. The van der Waals surface area contributed by atoms with Crippen molar-refractivity contribution in [3.05, 3.63) is 64.7 Å². The summed E-state index contributed by atoms with van der Waals surface area (Å²) in [7, 11) is 5.62. The zero-order valence-electron chi connectivity index (χ0n) is 23.7. The summed E-state index contributed by atoms with van der Waals surface area (Å²) in [6.45, 7) is 1.53. The van der Waals surface area contributed by atoms with E-state index in [0.29, 0.717) is 24.9 Å². The topological polar surface area (TPSA) is 78.5 Å². The van der Waals surface area contributed by atoms with Crippen LogP contribution in [-0.2, 0) is 28.3 Å². The number of likely N-dealkylation sites (N-methyl/N-ethyl adjacent to an activating group) is 1. The lowest BCUT2D eigenvalue weighted by atomic mass is 10.1. The van der Waals surface area contributed by atoms with E-state index in [0.717, 1.165) is 65.9 Å². The van der Waals surface area contributed by atoms with Gasteiger partial charge in [-0.1, -0.05) is 36.4 Å². The van der Waals surface area contributed by atoms with Crippen molar-refractivity contribution in [1.82, 2.24) is 15.5 Å². The number of benzene rings is 2. The van der Waals surface area contributed by atoms with E-state index in [2.05, 4.69) is 34.9 Å². The molecule has 2 aromatic rings. The van der Waals surface area contributed by atoms with Gasteiger partial charge in [0.05, 0.1) is 6.04 Å². The smallest absolute Gasteiger partial charge is 0.150 e. The van der Waals surface area contributed by atoms with Crippen molar-refractivity contribution in [2.75, 3.05) is 27.7 Å². The van der Waals surface area contributed by atoms with Crippen LogP contribution < -0.4 is 10.6 Å². The first-order chi connectivity index (χ1) is 19.0. The zero-order valence-corrected chi connectivity index (χ0v) is 24.6. The Morgan fingerprint density at radius 2 is 1.62 bits per heavy atom. The molecule has 0 aromatic heterocycles. The van der Waals surface area contributed by atoms with Crippen LogP contribution in [0.15, 0.2) is 47.4 Å². The molecule has 0 radical (unpaired) electrons. The Hall–Kier alpha value is -2.32. The lowest BCUT2D eigenvalue weighted by molar-refractivity contribution is -0.113. The summed E-state index contributed by atoms with van der Waals surface area (Å²) >= 11 is 1.71. The number of nitrogens with one attached hydrogen (secondary N) is 2. The minimum Gasteiger partial charge on any atom is -0.323 e. The standard InChI is InChI=1S/C30H38N2O3S.C2H7N/c1-32(27(20-35)5-3-17-33)18-28-26(19-34)4-2-6-29(28)36-21-23-9-7-22(8-10-23)15-16-31-30(24-11-12-24)25-13-14-25;1-3-2/h2,4,6-10,17,19-20,24-25,27,30-31H,3,5,11-16,18,21H2,1H3;3H,1-2H3. The van der Waals surface area contributed by atoms with Crippen molar-refractivity contribution in [3.63, 3.8) is 0 Å². The summed E-state index contributed by atoms with van der Waals surface area (Å²) in [6.07, 6.45) is 10.1. The van der Waals surface area contributed by atoms with Crippen molar-refractivity contribution in [2.24, 2.45) is 11.8 Å². The summed E-state index contributed by atoms with van der Waals surface area (Å²) < 4.78 is 0. The quantitative estimate of drug-likeness (QED) is 0.213. The van der Waals surface area contributed by atoms with Gasteiger partial charge in [0.2, 0.25) is 0 Å². The number of nitrogens with zero attached hydrogens (tertiary/aromatic N) is 1. The maximum Gasteiger partial charge on any atom is 0.150 e. The molecule has 0 saturated heterocycles. The number of thioether (sulfide) groups is 1. The summed E-state index contributed by atoms with van der Waals surface area (Å²) in [6, 6.07) is 15.1. The Balaban J connectivity index is 0.00000134. The molecule has 212 valence electrons. The zero-order chi connectivity index (χ0) is 28.0. The second-order valence-corrected chi connectivity index (χ2v) is 11.8. The SMILES string of the molecule is CN(Cc1c(C=O)cccc1SCc1ccc(CCNC(C2CC2)C2CC2)cc1)C(C=O)CCC=O.CNC. The molecule has 0 spiro atoms. The number of aldehydes is 3. The average molecular weight is 552 g/mol. The van der Waals surface area contributed by atoms with Crippen molar-refractivity contribution in [2.45, 2.75) is 74.2 Å². The number of rotatable bonds is 17. The third-order valence-corrected chi connectivity index (χ3v) is 8.65. The number of hydrogen-bond acceptors (Lipinski definition) is 7. The van der Waals surface area contributed by atoms with E-state index in [1.807, 2.05) is 44.2 Å². The van der Waals surface area contributed by atoms with Crippen LogP contribution in [0.4, 0.5) is 0 Å². The van der Waals surface area contributed by atoms with Crippen LogP contribution in [0.25, 0.3) is 0 Å². The van der Waals surface area contributed by atoms with Gasteiger partial charge in [-0.15, -0.1) is 11.8 Å². The Bertz CT molecular complexity index is 1030. The Kier molecular flexibility index (Phi) is 13.4. The van der Waals surface area contributed by atoms with Gasteiger partial charge in [-0.25, -0.2) is 0 Å². The molecule has 2 N–H and O–H groups in total. The lowest BCUT2D eigenvalue weighted by Gasteiger charge is -2.25. The molecule has 4 rings (SSSR count). The van der Waals surface area contributed by atoms with Gasteiger partial charge in [-0.2, -0.15) is 0 Å². The maximum absolute atomic E-state index is 11.7. The molecule has 2 aliphatic carbocycles. The maximum atomic E-state index is 11.7. The van der Waals surface area contributed by atoms with Crippen molar-refractivity contribution >= 4 is 30.6 Å². The average Bonchev–Trinajstić information content (AvgIpc) is 3.87. The van der Waals surface area contributed by atoms with E-state index in [1.165, 1.54) is 36.8 Å². The molecule has 0 heterocycles. The van der Waals surface area contributed by atoms with Crippen LogP contribution in [-0.4, -0.2) is 63.5 Å². The molecule has 0 aliphatic heterocycles. The first-order valence-corrected chi connectivity index (χ1v) is 15.2. The van der Waals surface area contributed by atoms with Crippen LogP contribution in [0.5, 0.6) is 0 Å². The predicted octanol–water partition coefficient (Wildman–Crippen LogP) is 4.93. The van der Waals surface area contributed by atoms with E-state index in [9.17, 15) is 14.4 Å². The molecule has 39 heavy (non-hydrogen) atoms. The van der Waals surface area contributed by atoms with Gasteiger partial charge in [0.25, 0.3) is 0 Å². The summed E-state index contributed by atoms with van der Waals surface area (Å²) in [5, 5.41) is 6.58. The van der Waals surface area contributed by atoms with Gasteiger partial charge in [0.15, 0.2) is 0 Å². The van der Waals surface area contributed by atoms with Gasteiger partial charge >= 0.3 is 0 Å². The molecule has 2 fully saturated rings. The Morgan fingerprint density at radius 1 is 0.974 bits per heavy atom. The van der Waals surface area contributed by atoms with E-state index in [1.54, 1.807) is 11.8 Å². The van der Waals surface area contributed by atoms with E-state index < -0.39 is 0 Å². The number of hydrogen-bond donors (Lipinski definition) is 2. The van der Waals surface area contributed by atoms with E-state index >= 15 is 0 Å². The van der Waals surface area contributed by atoms with E-state index in [-0.39, 0.29) is 6.04 Å². The van der Waals surface area contributed by atoms with Gasteiger partial charge in [0.1, 0.15) is 18.9 Å². The second-order valence-electron chi connectivity index (χ2n) is 10.8. The monoisotopic (exact) mass is 551 g/mol. The Labute approximate surface area is 238 Å². The van der Waals surface area contributed by atoms with E-state index in [4.69, 9.17) is 0 Å². The van der Waals surface area contributed by atoms with Crippen molar-refractivity contribution < 1.29 is 14.4 Å². The van der Waals surface area contributed by atoms with Gasteiger partial charge in [0, 0.05) is 35.2 Å². The Morgan fingerprint density at radius 3 is 2.18 bits per heavy atom. The second kappa shape index (κ2) is 16.7. The molecule has 7 heteroatoms. The molecule has 1 unspecified atom stereocenters. The predicted molar refractivity (Wildman–Crippen MR) is 160 cm³/mol. The third kappa shape index (κ3) is 10.3. The van der Waals surface area contributed by atoms with Gasteiger partial charge in [-0.3, -0.25) is 9.69 Å². The summed E-state index contributed by atoms with van der Waals surface area (Å²) in [4.78, 5) is 37.0. The highest BCUT2D eigenvalue weighted by molar-refractivity contribution is 7.98. The highest BCUT2D eigenvalue weighted by atomic mass is 32.2. The van der Waals surface area contributed by atoms with Crippen LogP contribution in [0.2, 0.25) is 0 Å². The summed E-state index contributed by atoms with van der Waals surface area (Å²) in [5.74, 6) is 2.67. The minimum atomic E-state index is -0.348. The van der Waals surface area contributed by atoms with Crippen molar-refractivity contribution in [3.8, 4) is 0 Å². The first-order valence-electron chi connectivity index (χ1n) is 14.2. The molecular weight excluding hydrogens is 506 g/mol. The van der Waals surface area contributed by atoms with Crippen LogP contribution >= 0.6 is 11.8 Å². The lowest BCUT2D eigenvalue weighted by Crippen LogP contribution is -2.34. The number of carbonyl (C=O) groups is 3. The fourth-order valence-electron chi connectivity index (χ4n) is 4.97. The largest absolute Gasteiger partial charge is 0.323 e. The molecule has 2 aromatic carbocycles. The first kappa shape index (κ1) is 31.2. The fourth-order valence-corrected chi connectivity index (χ4v) is 6.02. The van der Waals surface area contributed by atoms with Gasteiger partial charge in [-0.05, 0) is 101 Å². The normalized spacial score (nSPS) is 15.5. The van der Waals surface area contributed by atoms with Crippen LogP contribution in [0, 0.1) is 11.8 Å². The number of carbonyl (C=O) groups excluding carboxylic acids is 3. The molecule has 6 nitrogen and oxygen atoms in total. The highest BCUT2D eigenvalue weighted by Gasteiger charge is 2.40. The van der Waals surface area contributed by atoms with Crippen LogP contribution in [0.1, 0.15) is 65.6 Å². The molecule has 0 amide bonds. The molecule has 1 atom stereocenters. The molecule has 2 saturated carbocycles. The van der Waals surface area contributed by atoms with Gasteiger partial charge < -0.3 is 20.2 Å². The molecular formula is C32H45N3O3S. The highest BCUT2D eigenvalue weighted by Crippen LogP contribution is 2.44. The van der Waals surface area contributed by atoms with Crippen LogP contribution in [0.3, 0.4) is 0 Å². The summed E-state index contributed by atoms with van der Waals surface area (Å²) in [5.41, 5.74) is 4.19. The molecule has 0 bridgehead atoms. The van der Waals surface area contributed by atoms with Crippen molar-refractivity contribution in [1.29, 1.82) is 0 Å². The third-order valence-electron chi connectivity index (χ3n) is 7.48. The minimum absolute atomic E-state index is 0.346.